The van der Waals surface area contributed by atoms with Crippen molar-refractivity contribution in [1.82, 2.24) is 0 Å². The number of rotatable bonds is 2. The lowest BCUT2D eigenvalue weighted by atomic mass is 9.49. The monoisotopic (exact) mass is 477 g/mol. The number of allylic oxidation sites excluding steroid dienone is 1. The van der Waals surface area contributed by atoms with E-state index in [0.29, 0.717) is 37.9 Å². The molecule has 188 valence electrons. The first-order chi connectivity index (χ1) is 16.6. The van der Waals surface area contributed by atoms with Crippen molar-refractivity contribution < 1.29 is 19.7 Å². The van der Waals surface area contributed by atoms with Crippen LogP contribution >= 0.6 is 0 Å². The minimum atomic E-state index is -1.08. The highest BCUT2D eigenvalue weighted by Crippen LogP contribution is 2.67. The Morgan fingerprint density at radius 2 is 1.74 bits per heavy atom. The lowest BCUT2D eigenvalue weighted by Crippen LogP contribution is -2.55. The molecule has 1 saturated heterocycles. The number of fused-ring (bicyclic) bond motifs is 4. The topological polar surface area (TPSA) is 62.2 Å². The van der Waals surface area contributed by atoms with Crippen LogP contribution in [0.3, 0.4) is 0 Å². The summed E-state index contributed by atoms with van der Waals surface area (Å²) in [5, 5.41) is 23.7. The SMILES string of the molecule is C#C[C@]1(O)CC[C@H]2[C@@H]3CC[C@@]4(O)CC5(CCC4=C3[C@@H](c3ccc(N(C)C)cc3)C[C@@]21C)OCCO5. The Morgan fingerprint density at radius 3 is 2.40 bits per heavy atom. The molecule has 6 atom stereocenters. The van der Waals surface area contributed by atoms with Gasteiger partial charge in [0.2, 0.25) is 0 Å². The Kier molecular flexibility index (Phi) is 5.27. The van der Waals surface area contributed by atoms with Gasteiger partial charge in [0.1, 0.15) is 5.60 Å². The average Bonchev–Trinajstić information content (AvgIpc) is 3.39. The van der Waals surface area contributed by atoms with Crippen LogP contribution in [0.2, 0.25) is 0 Å². The van der Waals surface area contributed by atoms with Crippen LogP contribution in [-0.2, 0) is 9.47 Å². The van der Waals surface area contributed by atoms with Gasteiger partial charge in [-0.05, 0) is 73.6 Å². The van der Waals surface area contributed by atoms with E-state index in [4.69, 9.17) is 15.9 Å². The lowest BCUT2D eigenvalue weighted by Gasteiger charge is -2.57. The first-order valence-corrected chi connectivity index (χ1v) is 13.3. The molecular weight excluding hydrogens is 438 g/mol. The predicted octanol–water partition coefficient (Wildman–Crippen LogP) is 4.39. The van der Waals surface area contributed by atoms with Gasteiger partial charge in [0.15, 0.2) is 5.79 Å². The first kappa shape index (κ1) is 23.6. The molecular formula is C30H39NO4. The summed E-state index contributed by atoms with van der Waals surface area (Å²) in [6, 6.07) is 8.83. The Bertz CT molecular complexity index is 1080. The van der Waals surface area contributed by atoms with Crippen LogP contribution in [-0.4, -0.2) is 54.5 Å². The average molecular weight is 478 g/mol. The van der Waals surface area contributed by atoms with E-state index in [1.54, 1.807) is 0 Å². The third-order valence-electron chi connectivity index (χ3n) is 10.4. The summed E-state index contributed by atoms with van der Waals surface area (Å²) in [6.45, 7) is 3.44. The third-order valence-corrected chi connectivity index (χ3v) is 10.4. The molecule has 0 aromatic heterocycles. The van der Waals surface area contributed by atoms with Crippen LogP contribution < -0.4 is 4.90 Å². The summed E-state index contributed by atoms with van der Waals surface area (Å²) in [4.78, 5) is 2.11. The second-order valence-corrected chi connectivity index (χ2v) is 12.2. The zero-order chi connectivity index (χ0) is 24.6. The van der Waals surface area contributed by atoms with Crippen LogP contribution in [0, 0.1) is 29.6 Å². The summed E-state index contributed by atoms with van der Waals surface area (Å²) in [7, 11) is 4.11. The van der Waals surface area contributed by atoms with Gasteiger partial charge in [-0.2, -0.15) is 0 Å². The molecule has 0 radical (unpaired) electrons. The highest BCUT2D eigenvalue weighted by atomic mass is 16.7. The molecule has 3 saturated carbocycles. The maximum absolute atomic E-state index is 12.1. The molecule has 1 aromatic carbocycles. The Balaban J connectivity index is 1.48. The second-order valence-electron chi connectivity index (χ2n) is 12.2. The smallest absolute Gasteiger partial charge is 0.171 e. The Labute approximate surface area is 209 Å². The normalized spacial score (nSPS) is 41.8. The van der Waals surface area contributed by atoms with Crippen LogP contribution in [0.5, 0.6) is 0 Å². The molecule has 5 heteroatoms. The summed E-state index contributed by atoms with van der Waals surface area (Å²) >= 11 is 0. The van der Waals surface area contributed by atoms with Gasteiger partial charge in [-0.25, -0.2) is 0 Å². The molecule has 1 aromatic rings. The van der Waals surface area contributed by atoms with Gasteiger partial charge in [-0.3, -0.25) is 0 Å². The summed E-state index contributed by atoms with van der Waals surface area (Å²) < 4.78 is 12.1. The Hall–Kier alpha value is -1.84. The number of ether oxygens (including phenoxy) is 2. The van der Waals surface area contributed by atoms with E-state index in [0.717, 1.165) is 38.5 Å². The standard InChI is InChI=1S/C30H39NO4/c1-5-29(33)14-11-24-22-10-13-28(32)19-30(34-16-17-35-30)15-12-25(28)26(22)23(18-27(24,29)2)20-6-8-21(9-7-20)31(3)4/h1,6-9,22-24,32-33H,10-19H2,2-4H3/t22-,23+,24-,27-,28+,29-/m0/s1. The minimum absolute atomic E-state index is 0.136. The van der Waals surface area contributed by atoms with Gasteiger partial charge in [0.05, 0.1) is 18.8 Å². The fourth-order valence-electron chi connectivity index (χ4n) is 8.56. The molecule has 2 N–H and O–H groups in total. The molecule has 35 heavy (non-hydrogen) atoms. The summed E-state index contributed by atoms with van der Waals surface area (Å²) in [5.41, 5.74) is 2.76. The number of hydrogen-bond donors (Lipinski definition) is 2. The number of anilines is 1. The molecule has 5 aliphatic rings. The van der Waals surface area contributed by atoms with Crippen LogP contribution in [0.1, 0.15) is 69.8 Å². The molecule has 4 aliphatic carbocycles. The predicted molar refractivity (Wildman–Crippen MR) is 136 cm³/mol. The maximum Gasteiger partial charge on any atom is 0.171 e. The third kappa shape index (κ3) is 3.30. The van der Waals surface area contributed by atoms with Crippen LogP contribution in [0.25, 0.3) is 0 Å². The fraction of sp³-hybridized carbons (Fsp3) is 0.667. The van der Waals surface area contributed by atoms with Crippen molar-refractivity contribution in [2.24, 2.45) is 17.3 Å². The lowest BCUT2D eigenvalue weighted by molar-refractivity contribution is -0.208. The fourth-order valence-corrected chi connectivity index (χ4v) is 8.56. The zero-order valence-corrected chi connectivity index (χ0v) is 21.3. The van der Waals surface area contributed by atoms with E-state index in [1.807, 2.05) is 0 Å². The Morgan fingerprint density at radius 1 is 1.03 bits per heavy atom. The molecule has 1 aliphatic heterocycles. The van der Waals surface area contributed by atoms with E-state index < -0.39 is 17.0 Å². The van der Waals surface area contributed by atoms with E-state index >= 15 is 0 Å². The van der Waals surface area contributed by atoms with Crippen molar-refractivity contribution >= 4 is 5.69 Å². The van der Waals surface area contributed by atoms with Crippen molar-refractivity contribution in [2.75, 3.05) is 32.2 Å². The molecule has 0 amide bonds. The summed E-state index contributed by atoms with van der Waals surface area (Å²) in [5.74, 6) is 3.00. The van der Waals surface area contributed by atoms with Gasteiger partial charge in [-0.1, -0.05) is 30.6 Å². The van der Waals surface area contributed by atoms with Gasteiger partial charge >= 0.3 is 0 Å². The van der Waals surface area contributed by atoms with Crippen molar-refractivity contribution in [3.05, 3.63) is 41.0 Å². The van der Waals surface area contributed by atoms with Crippen molar-refractivity contribution in [1.29, 1.82) is 0 Å². The molecule has 1 spiro atoms. The van der Waals surface area contributed by atoms with Crippen molar-refractivity contribution in [3.63, 3.8) is 0 Å². The number of nitrogens with zero attached hydrogens (tertiary/aromatic N) is 1. The van der Waals surface area contributed by atoms with E-state index in [2.05, 4.69) is 56.1 Å². The van der Waals surface area contributed by atoms with Crippen LogP contribution in [0.15, 0.2) is 35.4 Å². The second kappa shape index (κ2) is 7.83. The van der Waals surface area contributed by atoms with Gasteiger partial charge in [0, 0.05) is 44.0 Å². The largest absolute Gasteiger partial charge is 0.385 e. The summed E-state index contributed by atoms with van der Waals surface area (Å²) in [6.07, 6.45) is 12.1. The van der Waals surface area contributed by atoms with Crippen molar-refractivity contribution in [2.45, 2.75) is 81.2 Å². The van der Waals surface area contributed by atoms with E-state index in [1.165, 1.54) is 22.4 Å². The minimum Gasteiger partial charge on any atom is -0.385 e. The quantitative estimate of drug-likeness (QED) is 0.489. The highest BCUT2D eigenvalue weighted by Gasteiger charge is 2.64. The van der Waals surface area contributed by atoms with Gasteiger partial charge in [-0.15, -0.1) is 6.42 Å². The number of aliphatic hydroxyl groups is 2. The van der Waals surface area contributed by atoms with E-state index in [-0.39, 0.29) is 11.3 Å². The van der Waals surface area contributed by atoms with E-state index in [9.17, 15) is 10.2 Å². The number of benzene rings is 1. The zero-order valence-electron chi connectivity index (χ0n) is 21.3. The maximum atomic E-state index is 12.1. The number of hydrogen-bond acceptors (Lipinski definition) is 5. The number of terminal acetylenes is 1. The molecule has 0 unspecified atom stereocenters. The molecule has 4 fully saturated rings. The van der Waals surface area contributed by atoms with Crippen LogP contribution in [0.4, 0.5) is 5.69 Å². The molecule has 6 rings (SSSR count). The molecule has 5 nitrogen and oxygen atoms in total. The highest BCUT2D eigenvalue weighted by molar-refractivity contribution is 5.50. The van der Waals surface area contributed by atoms with Gasteiger partial charge in [0.25, 0.3) is 0 Å². The van der Waals surface area contributed by atoms with Crippen molar-refractivity contribution in [3.8, 4) is 12.3 Å². The molecule has 0 bridgehead atoms. The van der Waals surface area contributed by atoms with Gasteiger partial charge < -0.3 is 24.6 Å². The first-order valence-electron chi connectivity index (χ1n) is 13.3. The molecule has 1 heterocycles.